The first kappa shape index (κ1) is 27.4. The Morgan fingerprint density at radius 3 is 1.32 bits per heavy atom. The van der Waals surface area contributed by atoms with Crippen LogP contribution in [0.15, 0.2) is 103 Å². The average molecular weight is 605 g/mol. The van der Waals surface area contributed by atoms with Crippen molar-refractivity contribution in [2.75, 3.05) is 12.0 Å². The third-order valence-corrected chi connectivity index (χ3v) is 18.2. The van der Waals surface area contributed by atoms with Gasteiger partial charge in [0.1, 0.15) is 0 Å². The summed E-state index contributed by atoms with van der Waals surface area (Å²) >= 11 is 8.63. The van der Waals surface area contributed by atoms with Crippen molar-refractivity contribution in [1.82, 2.24) is 0 Å². The molecule has 0 N–H and O–H groups in total. The van der Waals surface area contributed by atoms with E-state index in [2.05, 4.69) is 125 Å². The van der Waals surface area contributed by atoms with Crippen LogP contribution in [-0.4, -0.2) is 12.0 Å². The fraction of sp³-hybridized carbons (Fsp3) is 0.355. The number of hydrogen-bond donors (Lipinski definition) is 0. The Hall–Kier alpha value is -1.15. The quantitative estimate of drug-likeness (QED) is 0.0533. The first-order valence-electron chi connectivity index (χ1n) is 12.8. The SMILES string of the molecule is ClCCCCCCCCCCC=CCP(I)(c1ccccc1)(c1ccccc1)c1ccccc1. The van der Waals surface area contributed by atoms with Gasteiger partial charge in [0.25, 0.3) is 0 Å². The molecule has 0 spiro atoms. The summed E-state index contributed by atoms with van der Waals surface area (Å²) in [5.41, 5.74) is 0. The van der Waals surface area contributed by atoms with Crippen LogP contribution in [-0.2, 0) is 0 Å². The van der Waals surface area contributed by atoms with E-state index in [9.17, 15) is 0 Å². The summed E-state index contributed by atoms with van der Waals surface area (Å²) in [7, 11) is 0. The van der Waals surface area contributed by atoms with Gasteiger partial charge >= 0.3 is 209 Å². The molecule has 3 aromatic rings. The molecule has 0 saturated carbocycles. The van der Waals surface area contributed by atoms with Crippen LogP contribution in [0.5, 0.6) is 0 Å². The normalized spacial score (nSPS) is 13.1. The van der Waals surface area contributed by atoms with Gasteiger partial charge in [-0.25, -0.2) is 0 Å². The predicted octanol–water partition coefficient (Wildman–Crippen LogP) is 9.17. The van der Waals surface area contributed by atoms with Crippen LogP contribution < -0.4 is 15.9 Å². The van der Waals surface area contributed by atoms with Crippen molar-refractivity contribution in [3.63, 3.8) is 0 Å². The minimum absolute atomic E-state index is 0.812. The predicted molar refractivity (Wildman–Crippen MR) is 165 cm³/mol. The second-order valence-electron chi connectivity index (χ2n) is 9.15. The molecular weight excluding hydrogens is 566 g/mol. The summed E-state index contributed by atoms with van der Waals surface area (Å²) in [5, 5.41) is 4.35. The molecule has 34 heavy (non-hydrogen) atoms. The number of benzene rings is 3. The minimum atomic E-state index is -2.66. The van der Waals surface area contributed by atoms with Gasteiger partial charge in [-0.3, -0.25) is 0 Å². The zero-order chi connectivity index (χ0) is 24.0. The van der Waals surface area contributed by atoms with Gasteiger partial charge in [0, 0.05) is 5.88 Å². The van der Waals surface area contributed by atoms with Crippen molar-refractivity contribution in [3.05, 3.63) is 103 Å². The topological polar surface area (TPSA) is 0 Å². The Kier molecular flexibility index (Phi) is 11.6. The van der Waals surface area contributed by atoms with Gasteiger partial charge in [-0.2, -0.15) is 0 Å². The number of hydrogen-bond acceptors (Lipinski definition) is 0. The van der Waals surface area contributed by atoms with Crippen LogP contribution in [0.2, 0.25) is 0 Å². The fourth-order valence-corrected chi connectivity index (χ4v) is 13.0. The molecule has 0 aliphatic rings. The van der Waals surface area contributed by atoms with Crippen molar-refractivity contribution in [2.24, 2.45) is 0 Å². The monoisotopic (exact) mass is 604 g/mol. The Morgan fingerprint density at radius 2 is 0.912 bits per heavy atom. The molecule has 0 heterocycles. The van der Waals surface area contributed by atoms with Crippen molar-refractivity contribution >= 4 is 53.8 Å². The van der Waals surface area contributed by atoms with E-state index in [4.69, 9.17) is 11.6 Å². The number of rotatable bonds is 15. The van der Waals surface area contributed by atoms with Gasteiger partial charge in [0.2, 0.25) is 0 Å². The molecule has 0 nitrogen and oxygen atoms in total. The number of unbranched alkanes of at least 4 members (excludes halogenated alkanes) is 8. The summed E-state index contributed by atoms with van der Waals surface area (Å²) in [6.07, 6.45) is 17.7. The summed E-state index contributed by atoms with van der Waals surface area (Å²) in [5.74, 6) is 0.812. The molecule has 3 heteroatoms. The zero-order valence-corrected chi connectivity index (χ0v) is 24.1. The Bertz CT molecular complexity index is 873. The van der Waals surface area contributed by atoms with Gasteiger partial charge in [-0.05, 0) is 0 Å². The number of allylic oxidation sites excluding steroid dienone is 2. The van der Waals surface area contributed by atoms with E-state index in [1.165, 1.54) is 73.7 Å². The molecule has 0 amide bonds. The van der Waals surface area contributed by atoms with Gasteiger partial charge in [-0.1, -0.05) is 0 Å². The third-order valence-electron chi connectivity index (χ3n) is 6.75. The van der Waals surface area contributed by atoms with E-state index in [0.29, 0.717) is 0 Å². The first-order chi connectivity index (χ1) is 16.7. The Morgan fingerprint density at radius 1 is 0.529 bits per heavy atom. The second kappa shape index (κ2) is 14.4. The van der Waals surface area contributed by atoms with E-state index in [1.807, 2.05) is 0 Å². The fourth-order valence-electron chi connectivity index (χ4n) is 4.79. The molecular formula is C31H39ClIP. The summed E-state index contributed by atoms with van der Waals surface area (Å²) in [4.78, 5) is 0. The molecule has 0 saturated heterocycles. The summed E-state index contributed by atoms with van der Waals surface area (Å²) < 4.78 is -2.66. The first-order valence-corrected chi connectivity index (χ1v) is 18.5. The Balaban J connectivity index is 1.72. The Labute approximate surface area is 225 Å². The van der Waals surface area contributed by atoms with Crippen LogP contribution >= 0.6 is 37.9 Å². The van der Waals surface area contributed by atoms with Crippen LogP contribution in [0.1, 0.15) is 57.8 Å². The number of halogens is 2. The van der Waals surface area contributed by atoms with Crippen molar-refractivity contribution < 1.29 is 0 Å². The van der Waals surface area contributed by atoms with Crippen LogP contribution in [0, 0.1) is 0 Å². The molecule has 0 radical (unpaired) electrons. The molecule has 0 bridgehead atoms. The molecule has 0 fully saturated rings. The zero-order valence-electron chi connectivity index (χ0n) is 20.3. The maximum atomic E-state index is 5.76. The molecule has 3 aromatic carbocycles. The third kappa shape index (κ3) is 6.96. The second-order valence-corrected chi connectivity index (χ2v) is 20.2. The van der Waals surface area contributed by atoms with Crippen molar-refractivity contribution in [2.45, 2.75) is 57.8 Å². The number of alkyl halides is 1. The van der Waals surface area contributed by atoms with E-state index in [0.717, 1.165) is 12.0 Å². The average Bonchev–Trinajstić information content (AvgIpc) is 2.91. The molecule has 3 rings (SSSR count). The van der Waals surface area contributed by atoms with Gasteiger partial charge in [-0.15, -0.1) is 11.6 Å². The van der Waals surface area contributed by atoms with E-state index < -0.39 is 4.25 Å². The van der Waals surface area contributed by atoms with E-state index in [-0.39, 0.29) is 0 Å². The summed E-state index contributed by atoms with van der Waals surface area (Å²) in [6, 6.07) is 33.6. The van der Waals surface area contributed by atoms with Gasteiger partial charge < -0.3 is 0 Å². The standard InChI is InChI=1S/C31H39ClIP/c32-27-19-8-6-4-2-1-3-5-7-9-20-28-34(33,29-21-13-10-14-22-29,30-23-15-11-16-24-30)31-25-17-12-18-26-31/h9-18,20-26H,1-8,19,27-28H2. The molecule has 0 unspecified atom stereocenters. The van der Waals surface area contributed by atoms with E-state index >= 15 is 0 Å². The molecule has 0 atom stereocenters. The van der Waals surface area contributed by atoms with Crippen molar-refractivity contribution in [1.29, 1.82) is 0 Å². The van der Waals surface area contributed by atoms with Crippen molar-refractivity contribution in [3.8, 4) is 0 Å². The van der Waals surface area contributed by atoms with Gasteiger partial charge in [0.15, 0.2) is 0 Å². The molecule has 0 aliphatic carbocycles. The van der Waals surface area contributed by atoms with Crippen LogP contribution in [0.4, 0.5) is 0 Å². The van der Waals surface area contributed by atoms with Gasteiger partial charge in [0.05, 0.1) is 0 Å². The van der Waals surface area contributed by atoms with E-state index in [1.54, 1.807) is 0 Å². The maximum absolute atomic E-state index is 5.76. The van der Waals surface area contributed by atoms with Crippen LogP contribution in [0.25, 0.3) is 0 Å². The molecule has 0 aromatic heterocycles. The molecule has 0 aliphatic heterocycles. The van der Waals surface area contributed by atoms with Crippen LogP contribution in [0.3, 0.4) is 0 Å². The summed E-state index contributed by atoms with van der Waals surface area (Å²) in [6.45, 7) is 0. The molecule has 182 valence electrons.